The molecule has 1 fully saturated rings. The number of fused-ring (bicyclic) bond motifs is 1. The lowest BCUT2D eigenvalue weighted by Crippen LogP contribution is -2.46. The molecule has 6 nitrogen and oxygen atoms in total. The summed E-state index contributed by atoms with van der Waals surface area (Å²) in [6, 6.07) is 1.79. The van der Waals surface area contributed by atoms with Gasteiger partial charge in [-0.05, 0) is 6.07 Å². The smallest absolute Gasteiger partial charge is 0.266 e. The van der Waals surface area contributed by atoms with Crippen LogP contribution in [0.15, 0.2) is 12.3 Å². The predicted octanol–water partition coefficient (Wildman–Crippen LogP) is 0.319. The van der Waals surface area contributed by atoms with Gasteiger partial charge in [-0.2, -0.15) is 5.10 Å². The fraction of sp³-hybridized carbons (Fsp3) is 0.364. The van der Waals surface area contributed by atoms with Crippen molar-refractivity contribution in [1.29, 1.82) is 0 Å². The largest absolute Gasteiger partial charge is 0.397 e. The first-order valence-corrected chi connectivity index (χ1v) is 6.58. The summed E-state index contributed by atoms with van der Waals surface area (Å²) < 4.78 is 0. The number of hydrogen-bond acceptors (Lipinski definition) is 6. The minimum atomic E-state index is -0.00278. The first-order chi connectivity index (χ1) is 8.77. The molecule has 0 spiro atoms. The van der Waals surface area contributed by atoms with Gasteiger partial charge in [-0.25, -0.2) is 0 Å². The van der Waals surface area contributed by atoms with Crippen LogP contribution < -0.4 is 11.1 Å². The molecule has 0 unspecified atom stereocenters. The Morgan fingerprint density at radius 1 is 1.44 bits per heavy atom. The summed E-state index contributed by atoms with van der Waals surface area (Å²) in [4.78, 5) is 15.5. The lowest BCUT2D eigenvalue weighted by Gasteiger charge is -2.27. The number of hydrogen-bond donors (Lipinski definition) is 2. The molecule has 0 atom stereocenters. The van der Waals surface area contributed by atoms with Crippen LogP contribution in [-0.4, -0.2) is 47.2 Å². The monoisotopic (exact) mass is 263 g/mol. The van der Waals surface area contributed by atoms with Gasteiger partial charge in [0.05, 0.1) is 11.9 Å². The van der Waals surface area contributed by atoms with Crippen molar-refractivity contribution in [2.45, 2.75) is 0 Å². The quantitative estimate of drug-likeness (QED) is 0.774. The summed E-state index contributed by atoms with van der Waals surface area (Å²) in [5, 5.41) is 11.8. The number of thiophene rings is 1. The molecule has 0 aliphatic carbocycles. The van der Waals surface area contributed by atoms with Crippen molar-refractivity contribution in [3.05, 3.63) is 17.1 Å². The molecule has 2 aromatic heterocycles. The third-order valence-corrected chi connectivity index (χ3v) is 4.11. The van der Waals surface area contributed by atoms with Gasteiger partial charge in [-0.1, -0.05) is 0 Å². The van der Waals surface area contributed by atoms with Crippen molar-refractivity contribution in [2.75, 3.05) is 31.9 Å². The Morgan fingerprint density at radius 2 is 2.22 bits per heavy atom. The van der Waals surface area contributed by atoms with Gasteiger partial charge in [-0.15, -0.1) is 16.4 Å². The van der Waals surface area contributed by atoms with Crippen LogP contribution in [0.4, 0.5) is 5.69 Å². The molecule has 2 aromatic rings. The molecule has 3 heterocycles. The zero-order valence-corrected chi connectivity index (χ0v) is 10.5. The first kappa shape index (κ1) is 11.4. The molecule has 7 heteroatoms. The van der Waals surface area contributed by atoms with Crippen molar-refractivity contribution in [1.82, 2.24) is 20.4 Å². The molecule has 0 radical (unpaired) electrons. The second-order valence-corrected chi connectivity index (χ2v) is 5.14. The summed E-state index contributed by atoms with van der Waals surface area (Å²) in [7, 11) is 0. The van der Waals surface area contributed by atoms with Gasteiger partial charge < -0.3 is 16.0 Å². The van der Waals surface area contributed by atoms with Gasteiger partial charge in [0.25, 0.3) is 5.91 Å². The second kappa shape index (κ2) is 4.51. The summed E-state index contributed by atoms with van der Waals surface area (Å²) in [6.45, 7) is 3.10. The highest BCUT2D eigenvalue weighted by Gasteiger charge is 2.23. The molecule has 1 saturated heterocycles. The van der Waals surface area contributed by atoms with Crippen molar-refractivity contribution in [3.63, 3.8) is 0 Å². The van der Waals surface area contributed by atoms with E-state index in [4.69, 9.17) is 5.73 Å². The number of nitrogens with one attached hydrogen (secondary N) is 1. The summed E-state index contributed by atoms with van der Waals surface area (Å²) in [5.74, 6) is -0.00278. The van der Waals surface area contributed by atoms with Crippen LogP contribution in [0.3, 0.4) is 0 Å². The van der Waals surface area contributed by atoms with E-state index in [0.717, 1.165) is 31.6 Å². The van der Waals surface area contributed by atoms with E-state index in [9.17, 15) is 4.79 Å². The highest BCUT2D eigenvalue weighted by molar-refractivity contribution is 7.21. The summed E-state index contributed by atoms with van der Waals surface area (Å²) >= 11 is 1.32. The second-order valence-electron chi connectivity index (χ2n) is 4.14. The van der Waals surface area contributed by atoms with E-state index in [1.54, 1.807) is 12.3 Å². The van der Waals surface area contributed by atoms with Gasteiger partial charge in [0.1, 0.15) is 9.71 Å². The number of nitrogens with two attached hydrogens (primary N) is 1. The van der Waals surface area contributed by atoms with E-state index < -0.39 is 0 Å². The highest BCUT2D eigenvalue weighted by atomic mass is 32.1. The van der Waals surface area contributed by atoms with E-state index in [-0.39, 0.29) is 5.91 Å². The van der Waals surface area contributed by atoms with Crippen LogP contribution in [0.2, 0.25) is 0 Å². The van der Waals surface area contributed by atoms with Gasteiger partial charge in [0.15, 0.2) is 0 Å². The minimum Gasteiger partial charge on any atom is -0.397 e. The number of nitrogen functional groups attached to an aromatic ring is 1. The molecule has 1 amide bonds. The maximum Gasteiger partial charge on any atom is 0.266 e. The third-order valence-electron chi connectivity index (χ3n) is 3.02. The van der Waals surface area contributed by atoms with E-state index in [1.165, 1.54) is 11.3 Å². The van der Waals surface area contributed by atoms with Gasteiger partial charge >= 0.3 is 0 Å². The zero-order valence-electron chi connectivity index (χ0n) is 9.72. The molecule has 1 aliphatic heterocycles. The van der Waals surface area contributed by atoms with Crippen molar-refractivity contribution in [3.8, 4) is 0 Å². The number of piperazine rings is 1. The molecule has 3 N–H and O–H groups in total. The van der Waals surface area contributed by atoms with Crippen molar-refractivity contribution < 1.29 is 4.79 Å². The van der Waals surface area contributed by atoms with Gasteiger partial charge in [-0.3, -0.25) is 4.79 Å². The normalized spacial score (nSPS) is 16.1. The molecule has 94 valence electrons. The molecule has 0 aromatic carbocycles. The fourth-order valence-corrected chi connectivity index (χ4v) is 3.05. The molecule has 0 bridgehead atoms. The molecule has 1 aliphatic rings. The minimum absolute atomic E-state index is 0.00278. The third kappa shape index (κ3) is 1.81. The van der Waals surface area contributed by atoms with E-state index in [1.807, 2.05) is 4.90 Å². The Kier molecular flexibility index (Phi) is 2.85. The first-order valence-electron chi connectivity index (χ1n) is 5.77. The van der Waals surface area contributed by atoms with Crippen molar-refractivity contribution >= 4 is 33.1 Å². The summed E-state index contributed by atoms with van der Waals surface area (Å²) in [6.07, 6.45) is 1.59. The maximum absolute atomic E-state index is 12.4. The zero-order chi connectivity index (χ0) is 12.5. The Bertz CT molecular complexity index is 590. The van der Waals surface area contributed by atoms with Gasteiger partial charge in [0, 0.05) is 31.6 Å². The molecule has 0 saturated carbocycles. The molecular formula is C11H13N5OS. The van der Waals surface area contributed by atoms with Crippen LogP contribution in [0.1, 0.15) is 9.67 Å². The number of anilines is 1. The number of nitrogens with zero attached hydrogens (tertiary/aromatic N) is 3. The maximum atomic E-state index is 12.4. The molecule has 18 heavy (non-hydrogen) atoms. The number of rotatable bonds is 1. The number of carbonyl (C=O) groups excluding carboxylic acids is 1. The highest BCUT2D eigenvalue weighted by Crippen LogP contribution is 2.32. The number of amides is 1. The van der Waals surface area contributed by atoms with E-state index in [0.29, 0.717) is 15.4 Å². The predicted molar refractivity (Wildman–Crippen MR) is 70.6 cm³/mol. The standard InChI is InChI=1S/C11H13N5OS/c12-8-7-1-2-14-15-10(7)18-9(8)11(17)16-5-3-13-4-6-16/h1-2,13H,3-6,12H2. The SMILES string of the molecule is Nc1c(C(=O)N2CCNCC2)sc2nnccc12. The average Bonchev–Trinajstić information content (AvgIpc) is 2.77. The van der Waals surface area contributed by atoms with Crippen LogP contribution in [0.25, 0.3) is 10.2 Å². The number of aromatic nitrogens is 2. The Labute approximate surface area is 108 Å². The van der Waals surface area contributed by atoms with Crippen molar-refractivity contribution in [2.24, 2.45) is 0 Å². The van der Waals surface area contributed by atoms with E-state index in [2.05, 4.69) is 15.5 Å². The Hall–Kier alpha value is -1.73. The number of carbonyl (C=O) groups is 1. The van der Waals surface area contributed by atoms with Crippen LogP contribution in [-0.2, 0) is 0 Å². The van der Waals surface area contributed by atoms with E-state index >= 15 is 0 Å². The van der Waals surface area contributed by atoms with Crippen LogP contribution >= 0.6 is 11.3 Å². The molecule has 3 rings (SSSR count). The van der Waals surface area contributed by atoms with Crippen LogP contribution in [0.5, 0.6) is 0 Å². The lowest BCUT2D eigenvalue weighted by molar-refractivity contribution is 0.0741. The van der Waals surface area contributed by atoms with Crippen LogP contribution in [0, 0.1) is 0 Å². The topological polar surface area (TPSA) is 84.1 Å². The lowest BCUT2D eigenvalue weighted by atomic mass is 10.2. The Balaban J connectivity index is 1.98. The van der Waals surface area contributed by atoms with Gasteiger partial charge in [0.2, 0.25) is 0 Å². The fourth-order valence-electron chi connectivity index (χ4n) is 2.04. The summed E-state index contributed by atoms with van der Waals surface area (Å²) in [5.41, 5.74) is 6.55. The average molecular weight is 263 g/mol. The molecular weight excluding hydrogens is 250 g/mol. The Morgan fingerprint density at radius 3 is 2.94 bits per heavy atom.